The first-order valence-corrected chi connectivity index (χ1v) is 7.83. The third kappa shape index (κ3) is 4.71. The second-order valence-corrected chi connectivity index (χ2v) is 5.79. The van der Waals surface area contributed by atoms with Gasteiger partial charge in [-0.1, -0.05) is 36.4 Å². The molecular formula is C19H25N2O+. The van der Waals surface area contributed by atoms with Gasteiger partial charge in [0.2, 0.25) is 0 Å². The molecule has 1 unspecified atom stereocenters. The molecule has 0 radical (unpaired) electrons. The molecule has 0 spiro atoms. The molecule has 1 atom stereocenters. The molecule has 22 heavy (non-hydrogen) atoms. The number of nitrogens with one attached hydrogen (secondary N) is 2. The summed E-state index contributed by atoms with van der Waals surface area (Å²) < 4.78 is 0. The number of benzene rings is 2. The normalized spacial score (nSPS) is 12.0. The van der Waals surface area contributed by atoms with Gasteiger partial charge in [0, 0.05) is 11.3 Å². The minimum atomic E-state index is 0.0658. The Kier molecular flexibility index (Phi) is 5.73. The smallest absolute Gasteiger partial charge is 0.279 e. The van der Waals surface area contributed by atoms with Gasteiger partial charge in [0.05, 0.1) is 6.54 Å². The molecule has 0 aliphatic heterocycles. The van der Waals surface area contributed by atoms with Gasteiger partial charge in [-0.05, 0) is 44.0 Å². The van der Waals surface area contributed by atoms with Gasteiger partial charge in [0.25, 0.3) is 5.91 Å². The van der Waals surface area contributed by atoms with Crippen LogP contribution in [-0.2, 0) is 11.3 Å². The number of rotatable bonds is 6. The van der Waals surface area contributed by atoms with Crippen LogP contribution in [-0.4, -0.2) is 19.0 Å². The third-order valence-electron chi connectivity index (χ3n) is 4.00. The number of hydrogen-bond donors (Lipinski definition) is 2. The maximum absolute atomic E-state index is 12.2. The fourth-order valence-electron chi connectivity index (χ4n) is 2.45. The highest BCUT2D eigenvalue weighted by Gasteiger charge is 2.13. The van der Waals surface area contributed by atoms with Gasteiger partial charge in [-0.15, -0.1) is 0 Å². The summed E-state index contributed by atoms with van der Waals surface area (Å²) in [5.41, 5.74) is 4.58. The van der Waals surface area contributed by atoms with E-state index in [9.17, 15) is 4.79 Å². The second kappa shape index (κ2) is 7.76. The molecule has 3 heteroatoms. The van der Waals surface area contributed by atoms with E-state index in [1.165, 1.54) is 21.6 Å². The van der Waals surface area contributed by atoms with Gasteiger partial charge in [0.1, 0.15) is 6.54 Å². The monoisotopic (exact) mass is 297 g/mol. The quantitative estimate of drug-likeness (QED) is 0.843. The summed E-state index contributed by atoms with van der Waals surface area (Å²) >= 11 is 0. The molecule has 0 fully saturated rings. The number of amides is 1. The Hall–Kier alpha value is -2.13. The van der Waals surface area contributed by atoms with Crippen molar-refractivity contribution in [2.45, 2.75) is 27.3 Å². The Labute approximate surface area is 133 Å². The highest BCUT2D eigenvalue weighted by molar-refractivity contribution is 5.91. The maximum Gasteiger partial charge on any atom is 0.279 e. The van der Waals surface area contributed by atoms with Crippen LogP contribution in [0.2, 0.25) is 0 Å². The van der Waals surface area contributed by atoms with E-state index in [1.807, 2.05) is 36.4 Å². The van der Waals surface area contributed by atoms with Crippen LogP contribution in [0.1, 0.15) is 23.6 Å². The van der Waals surface area contributed by atoms with E-state index in [2.05, 4.69) is 38.2 Å². The second-order valence-electron chi connectivity index (χ2n) is 5.79. The fourth-order valence-corrected chi connectivity index (χ4v) is 2.45. The first-order valence-electron chi connectivity index (χ1n) is 7.83. The van der Waals surface area contributed by atoms with Crippen molar-refractivity contribution in [1.82, 2.24) is 0 Å². The van der Waals surface area contributed by atoms with Crippen LogP contribution in [0.5, 0.6) is 0 Å². The standard InChI is InChI=1S/C19H24N2O/c1-4-21(13-17-8-6-5-7-9-17)14-19(22)20-18-11-10-15(2)16(3)12-18/h5-12H,4,13-14H2,1-3H3,(H,20,22)/p+1. The first kappa shape index (κ1) is 16.2. The zero-order valence-electron chi connectivity index (χ0n) is 13.6. The lowest BCUT2D eigenvalue weighted by molar-refractivity contribution is -0.903. The van der Waals surface area contributed by atoms with E-state index in [1.54, 1.807) is 0 Å². The lowest BCUT2D eigenvalue weighted by Gasteiger charge is -2.17. The topological polar surface area (TPSA) is 33.5 Å². The van der Waals surface area contributed by atoms with Crippen molar-refractivity contribution in [1.29, 1.82) is 0 Å². The predicted octanol–water partition coefficient (Wildman–Crippen LogP) is 2.35. The van der Waals surface area contributed by atoms with Crippen LogP contribution in [0.25, 0.3) is 0 Å². The Morgan fingerprint density at radius 1 is 1.05 bits per heavy atom. The van der Waals surface area contributed by atoms with Gasteiger partial charge in [-0.3, -0.25) is 4.79 Å². The molecule has 0 saturated heterocycles. The van der Waals surface area contributed by atoms with Gasteiger partial charge in [-0.2, -0.15) is 0 Å². The van der Waals surface area contributed by atoms with Crippen molar-refractivity contribution >= 4 is 11.6 Å². The van der Waals surface area contributed by atoms with Gasteiger partial charge >= 0.3 is 0 Å². The van der Waals surface area contributed by atoms with Crippen molar-refractivity contribution in [3.05, 3.63) is 65.2 Å². The number of carbonyl (C=O) groups is 1. The van der Waals surface area contributed by atoms with Crippen molar-refractivity contribution in [2.75, 3.05) is 18.4 Å². The SMILES string of the molecule is CC[NH+](CC(=O)Nc1ccc(C)c(C)c1)Cc1ccccc1. The minimum absolute atomic E-state index is 0.0658. The summed E-state index contributed by atoms with van der Waals surface area (Å²) in [6, 6.07) is 16.3. The van der Waals surface area contributed by atoms with Crippen LogP contribution < -0.4 is 10.2 Å². The summed E-state index contributed by atoms with van der Waals surface area (Å²) in [7, 11) is 0. The molecule has 2 aromatic carbocycles. The number of anilines is 1. The highest BCUT2D eigenvalue weighted by atomic mass is 16.2. The van der Waals surface area contributed by atoms with Gasteiger partial charge in [-0.25, -0.2) is 0 Å². The number of hydrogen-bond acceptors (Lipinski definition) is 1. The average Bonchev–Trinajstić information content (AvgIpc) is 2.51. The summed E-state index contributed by atoms with van der Waals surface area (Å²) in [6.45, 7) is 8.53. The fraction of sp³-hybridized carbons (Fsp3) is 0.316. The summed E-state index contributed by atoms with van der Waals surface area (Å²) in [5, 5.41) is 3.00. The zero-order valence-corrected chi connectivity index (χ0v) is 13.6. The molecule has 1 amide bonds. The van der Waals surface area contributed by atoms with Crippen molar-refractivity contribution in [2.24, 2.45) is 0 Å². The molecule has 0 saturated carbocycles. The van der Waals surface area contributed by atoms with Crippen LogP contribution >= 0.6 is 0 Å². The van der Waals surface area contributed by atoms with E-state index in [-0.39, 0.29) is 5.91 Å². The van der Waals surface area contributed by atoms with Crippen molar-refractivity contribution in [3.63, 3.8) is 0 Å². The van der Waals surface area contributed by atoms with Crippen molar-refractivity contribution in [3.8, 4) is 0 Å². The highest BCUT2D eigenvalue weighted by Crippen LogP contribution is 2.13. The molecule has 0 aromatic heterocycles. The Balaban J connectivity index is 1.93. The Bertz CT molecular complexity index is 623. The van der Waals surface area contributed by atoms with Crippen LogP contribution in [0.15, 0.2) is 48.5 Å². The summed E-state index contributed by atoms with van der Waals surface area (Å²) in [5.74, 6) is 0.0658. The minimum Gasteiger partial charge on any atom is -0.324 e. The molecule has 116 valence electrons. The van der Waals surface area contributed by atoms with E-state index < -0.39 is 0 Å². The van der Waals surface area contributed by atoms with E-state index in [0.717, 1.165) is 18.8 Å². The van der Waals surface area contributed by atoms with Crippen LogP contribution in [0.4, 0.5) is 5.69 Å². The van der Waals surface area contributed by atoms with Crippen LogP contribution in [0.3, 0.4) is 0 Å². The summed E-state index contributed by atoms with van der Waals surface area (Å²) in [6.07, 6.45) is 0. The number of likely N-dealkylation sites (N-methyl/N-ethyl adjacent to an activating group) is 1. The van der Waals surface area contributed by atoms with E-state index >= 15 is 0 Å². The molecular weight excluding hydrogens is 272 g/mol. The Morgan fingerprint density at radius 2 is 1.77 bits per heavy atom. The molecule has 3 nitrogen and oxygen atoms in total. The lowest BCUT2D eigenvalue weighted by atomic mass is 10.1. The third-order valence-corrected chi connectivity index (χ3v) is 4.00. The van der Waals surface area contributed by atoms with E-state index in [0.29, 0.717) is 6.54 Å². The van der Waals surface area contributed by atoms with Crippen molar-refractivity contribution < 1.29 is 9.69 Å². The van der Waals surface area contributed by atoms with Gasteiger partial charge in [0.15, 0.2) is 6.54 Å². The predicted molar refractivity (Wildman–Crippen MR) is 91.1 cm³/mol. The average molecular weight is 297 g/mol. The number of aryl methyl sites for hydroxylation is 2. The molecule has 2 rings (SSSR count). The molecule has 0 aliphatic rings. The lowest BCUT2D eigenvalue weighted by Crippen LogP contribution is -3.11. The molecule has 2 aromatic rings. The van der Waals surface area contributed by atoms with E-state index in [4.69, 9.17) is 0 Å². The zero-order chi connectivity index (χ0) is 15.9. The molecule has 0 heterocycles. The largest absolute Gasteiger partial charge is 0.324 e. The Morgan fingerprint density at radius 3 is 2.41 bits per heavy atom. The maximum atomic E-state index is 12.2. The van der Waals surface area contributed by atoms with Crippen LogP contribution in [0, 0.1) is 13.8 Å². The molecule has 2 N–H and O–H groups in total. The number of quaternary nitrogens is 1. The first-order chi connectivity index (χ1) is 10.6. The molecule has 0 aliphatic carbocycles. The molecule has 0 bridgehead atoms. The van der Waals surface area contributed by atoms with Gasteiger partial charge < -0.3 is 10.2 Å². The summed E-state index contributed by atoms with van der Waals surface area (Å²) in [4.78, 5) is 13.5. The number of carbonyl (C=O) groups excluding carboxylic acids is 1.